The van der Waals surface area contributed by atoms with Gasteiger partial charge in [0.25, 0.3) is 0 Å². The molecule has 2 heterocycles. The molecule has 4 nitrogen and oxygen atoms in total. The van der Waals surface area contributed by atoms with Crippen molar-refractivity contribution in [2.45, 2.75) is 13.3 Å². The summed E-state index contributed by atoms with van der Waals surface area (Å²) in [5, 5.41) is 1.13. The largest absolute Gasteiger partial charge is 0.398 e. The van der Waals surface area contributed by atoms with Crippen LogP contribution in [0.3, 0.4) is 0 Å². The fourth-order valence-electron chi connectivity index (χ4n) is 2.88. The molecule has 0 amide bonds. The molecular formula is C17H19FN3OP. The Morgan fingerprint density at radius 2 is 2.09 bits per heavy atom. The number of nitrogen functional groups attached to an aromatic ring is 1. The molecule has 120 valence electrons. The zero-order chi connectivity index (χ0) is 16.8. The van der Waals surface area contributed by atoms with Gasteiger partial charge in [-0.25, -0.2) is 9.37 Å². The second-order valence-electron chi connectivity index (χ2n) is 6.00. The Kier molecular flexibility index (Phi) is 3.77. The Labute approximate surface area is 134 Å². The number of nitrogens with one attached hydrogen (secondary N) is 1. The third-order valence-electron chi connectivity index (χ3n) is 4.02. The Bertz CT molecular complexity index is 942. The van der Waals surface area contributed by atoms with Gasteiger partial charge in [0.2, 0.25) is 0 Å². The molecule has 0 unspecified atom stereocenters. The fraction of sp³-hybridized carbons (Fsp3) is 0.235. The first-order valence-electron chi connectivity index (χ1n) is 7.42. The number of nitrogens with two attached hydrogens (primary N) is 1. The van der Waals surface area contributed by atoms with Crippen molar-refractivity contribution in [2.24, 2.45) is 0 Å². The smallest absolute Gasteiger partial charge is 0.137 e. The van der Waals surface area contributed by atoms with Gasteiger partial charge in [-0.05, 0) is 43.5 Å². The predicted molar refractivity (Wildman–Crippen MR) is 94.4 cm³/mol. The first-order chi connectivity index (χ1) is 10.8. The lowest BCUT2D eigenvalue weighted by Gasteiger charge is -2.15. The number of aromatic nitrogens is 2. The minimum atomic E-state index is -2.82. The van der Waals surface area contributed by atoms with Crippen LogP contribution in [0.1, 0.15) is 12.5 Å². The lowest BCUT2D eigenvalue weighted by molar-refractivity contribution is 0.585. The van der Waals surface area contributed by atoms with Crippen molar-refractivity contribution < 1.29 is 8.96 Å². The van der Waals surface area contributed by atoms with Gasteiger partial charge in [0, 0.05) is 28.9 Å². The summed E-state index contributed by atoms with van der Waals surface area (Å²) in [6.45, 7) is 5.12. The minimum Gasteiger partial charge on any atom is -0.398 e. The lowest BCUT2D eigenvalue weighted by Crippen LogP contribution is -2.15. The van der Waals surface area contributed by atoms with E-state index in [1.165, 1.54) is 19.4 Å². The minimum absolute atomic E-state index is 0.111. The number of nitrogens with zero attached hydrogens (tertiary/aromatic N) is 1. The maximum atomic E-state index is 14.1. The van der Waals surface area contributed by atoms with Gasteiger partial charge in [0.15, 0.2) is 0 Å². The molecule has 0 spiro atoms. The first-order valence-corrected chi connectivity index (χ1v) is 10.0. The molecule has 3 N–H and O–H groups in total. The summed E-state index contributed by atoms with van der Waals surface area (Å²) >= 11 is 0. The predicted octanol–water partition coefficient (Wildman–Crippen LogP) is 3.76. The number of fused-ring (bicyclic) bond motifs is 1. The lowest BCUT2D eigenvalue weighted by atomic mass is 10.0. The van der Waals surface area contributed by atoms with E-state index < -0.39 is 13.0 Å². The van der Waals surface area contributed by atoms with Crippen LogP contribution in [0.2, 0.25) is 0 Å². The van der Waals surface area contributed by atoms with Crippen LogP contribution in [-0.4, -0.2) is 23.3 Å². The van der Waals surface area contributed by atoms with E-state index in [1.54, 1.807) is 12.3 Å². The number of pyridine rings is 1. The number of aryl methyl sites for hydroxylation is 1. The van der Waals surface area contributed by atoms with E-state index in [-0.39, 0.29) is 11.0 Å². The molecule has 23 heavy (non-hydrogen) atoms. The Morgan fingerprint density at radius 3 is 2.74 bits per heavy atom. The average molecular weight is 331 g/mol. The third-order valence-corrected chi connectivity index (χ3v) is 5.55. The molecule has 0 aliphatic heterocycles. The number of hydrogen-bond donors (Lipinski definition) is 2. The summed E-state index contributed by atoms with van der Waals surface area (Å²) in [5.74, 6) is -0.524. The number of halogens is 1. The van der Waals surface area contributed by atoms with Gasteiger partial charge >= 0.3 is 0 Å². The second-order valence-corrected chi connectivity index (χ2v) is 9.14. The molecule has 0 radical (unpaired) electrons. The molecule has 3 aromatic rings. The van der Waals surface area contributed by atoms with Gasteiger partial charge in [-0.3, -0.25) is 0 Å². The number of anilines is 1. The summed E-state index contributed by atoms with van der Waals surface area (Å²) in [6.07, 6.45) is 4.52. The monoisotopic (exact) mass is 331 g/mol. The molecule has 0 bridgehead atoms. The van der Waals surface area contributed by atoms with Crippen LogP contribution in [0.15, 0.2) is 30.6 Å². The molecule has 6 heteroatoms. The molecule has 0 atom stereocenters. The van der Waals surface area contributed by atoms with Gasteiger partial charge in [-0.1, -0.05) is 6.92 Å². The number of hydrogen-bond acceptors (Lipinski definition) is 3. The zero-order valence-electron chi connectivity index (χ0n) is 13.4. The summed E-state index contributed by atoms with van der Waals surface area (Å²) in [4.78, 5) is 7.54. The van der Waals surface area contributed by atoms with E-state index in [2.05, 4.69) is 16.9 Å². The number of rotatable bonds is 3. The van der Waals surface area contributed by atoms with Crippen molar-refractivity contribution in [3.63, 3.8) is 0 Å². The second kappa shape index (κ2) is 5.50. The highest BCUT2D eigenvalue weighted by molar-refractivity contribution is 7.70. The Balaban J connectivity index is 2.25. The van der Waals surface area contributed by atoms with Gasteiger partial charge in [-0.15, -0.1) is 0 Å². The van der Waals surface area contributed by atoms with Gasteiger partial charge < -0.3 is 15.3 Å². The van der Waals surface area contributed by atoms with E-state index in [4.69, 9.17) is 5.73 Å². The van der Waals surface area contributed by atoms with Crippen molar-refractivity contribution in [3.05, 3.63) is 42.0 Å². The summed E-state index contributed by atoms with van der Waals surface area (Å²) < 4.78 is 26.5. The normalized spacial score (nSPS) is 12.0. The molecule has 2 aromatic heterocycles. The van der Waals surface area contributed by atoms with Gasteiger partial charge in [0.1, 0.15) is 18.6 Å². The summed E-state index contributed by atoms with van der Waals surface area (Å²) in [6, 6.07) is 4.93. The standard InChI is InChI=1S/C17H19FN3OP/c1-4-10-8-20-17-13(10)7-11(9-21-17)12-5-6-14(18)16(15(12)19)23(2,3)22/h5-9H,4,19H2,1-3H3,(H,20,21). The number of benzene rings is 1. The van der Waals surface area contributed by atoms with Crippen LogP contribution in [0.4, 0.5) is 10.1 Å². The van der Waals surface area contributed by atoms with Crippen LogP contribution in [0.25, 0.3) is 22.2 Å². The molecule has 3 rings (SSSR count). The maximum Gasteiger partial charge on any atom is 0.137 e. The molecule has 0 saturated carbocycles. The zero-order valence-corrected chi connectivity index (χ0v) is 14.2. The van der Waals surface area contributed by atoms with E-state index in [0.29, 0.717) is 5.56 Å². The fourth-order valence-corrected chi connectivity index (χ4v) is 4.17. The topological polar surface area (TPSA) is 71.8 Å². The van der Waals surface area contributed by atoms with Crippen LogP contribution in [-0.2, 0) is 11.0 Å². The molecule has 1 aromatic carbocycles. The molecule has 0 aliphatic carbocycles. The van der Waals surface area contributed by atoms with Crippen molar-refractivity contribution in [3.8, 4) is 11.1 Å². The average Bonchev–Trinajstić information content (AvgIpc) is 2.88. The van der Waals surface area contributed by atoms with Crippen LogP contribution in [0.5, 0.6) is 0 Å². The van der Waals surface area contributed by atoms with Crippen LogP contribution >= 0.6 is 7.14 Å². The molecule has 0 aliphatic rings. The van der Waals surface area contributed by atoms with E-state index in [1.807, 2.05) is 12.3 Å². The van der Waals surface area contributed by atoms with Gasteiger partial charge in [-0.2, -0.15) is 0 Å². The highest BCUT2D eigenvalue weighted by Gasteiger charge is 2.23. The Morgan fingerprint density at radius 1 is 1.35 bits per heavy atom. The highest BCUT2D eigenvalue weighted by atomic mass is 31.2. The van der Waals surface area contributed by atoms with Crippen molar-refractivity contribution >= 4 is 29.2 Å². The van der Waals surface area contributed by atoms with Crippen LogP contribution in [0, 0.1) is 5.82 Å². The van der Waals surface area contributed by atoms with E-state index in [9.17, 15) is 8.96 Å². The third kappa shape index (κ3) is 2.66. The van der Waals surface area contributed by atoms with Crippen LogP contribution < -0.4 is 11.0 Å². The molecule has 0 fully saturated rings. The SMILES string of the molecule is CCc1c[nH]c2ncc(-c3ccc(F)c(P(C)(C)=O)c3N)cc12. The molecule has 0 saturated heterocycles. The maximum absolute atomic E-state index is 14.1. The van der Waals surface area contributed by atoms with Crippen molar-refractivity contribution in [1.82, 2.24) is 9.97 Å². The number of aromatic amines is 1. The van der Waals surface area contributed by atoms with E-state index in [0.717, 1.165) is 28.6 Å². The Hall–Kier alpha value is -2.13. The highest BCUT2D eigenvalue weighted by Crippen LogP contribution is 2.41. The van der Waals surface area contributed by atoms with E-state index >= 15 is 0 Å². The summed E-state index contributed by atoms with van der Waals surface area (Å²) in [5.41, 5.74) is 9.79. The number of H-pyrrole nitrogens is 1. The van der Waals surface area contributed by atoms with Crippen molar-refractivity contribution in [1.29, 1.82) is 0 Å². The summed E-state index contributed by atoms with van der Waals surface area (Å²) in [7, 11) is -2.82. The van der Waals surface area contributed by atoms with Gasteiger partial charge in [0.05, 0.1) is 11.0 Å². The van der Waals surface area contributed by atoms with Crippen molar-refractivity contribution in [2.75, 3.05) is 19.1 Å². The molecular weight excluding hydrogens is 312 g/mol. The first kappa shape index (κ1) is 15.8. The quantitative estimate of drug-likeness (QED) is 0.567.